The van der Waals surface area contributed by atoms with E-state index in [4.69, 9.17) is 0 Å². The minimum absolute atomic E-state index is 0.131. The SMILES string of the molecule is Cc1cc2nc(NC(=O)c3ccc(Cc4ccccc4)cc3)sc2cc1C. The third kappa shape index (κ3) is 3.91. The van der Waals surface area contributed by atoms with E-state index in [-0.39, 0.29) is 5.91 Å². The van der Waals surface area contributed by atoms with Crippen LogP contribution in [0, 0.1) is 13.8 Å². The topological polar surface area (TPSA) is 42.0 Å². The molecule has 4 heteroatoms. The van der Waals surface area contributed by atoms with Crippen molar-refractivity contribution < 1.29 is 4.79 Å². The van der Waals surface area contributed by atoms with Crippen LogP contribution in [-0.2, 0) is 6.42 Å². The molecule has 4 rings (SSSR count). The van der Waals surface area contributed by atoms with Crippen molar-refractivity contribution in [1.29, 1.82) is 0 Å². The Morgan fingerprint density at radius 2 is 1.59 bits per heavy atom. The largest absolute Gasteiger partial charge is 0.298 e. The van der Waals surface area contributed by atoms with E-state index in [0.717, 1.165) is 16.6 Å². The van der Waals surface area contributed by atoms with Crippen molar-refractivity contribution in [3.05, 3.63) is 94.5 Å². The maximum absolute atomic E-state index is 12.5. The van der Waals surface area contributed by atoms with E-state index in [1.165, 1.54) is 33.6 Å². The third-order valence-corrected chi connectivity index (χ3v) is 5.63. The van der Waals surface area contributed by atoms with Gasteiger partial charge in [-0.05, 0) is 66.8 Å². The maximum Gasteiger partial charge on any atom is 0.257 e. The molecule has 0 aliphatic carbocycles. The molecule has 0 unspecified atom stereocenters. The highest BCUT2D eigenvalue weighted by Gasteiger charge is 2.11. The summed E-state index contributed by atoms with van der Waals surface area (Å²) in [6.45, 7) is 4.16. The molecule has 4 aromatic rings. The second-order valence-electron chi connectivity index (χ2n) is 6.74. The van der Waals surface area contributed by atoms with Gasteiger partial charge in [-0.15, -0.1) is 0 Å². The maximum atomic E-state index is 12.5. The Kier molecular flexibility index (Phi) is 4.73. The molecule has 1 N–H and O–H groups in total. The monoisotopic (exact) mass is 372 g/mol. The van der Waals surface area contributed by atoms with Crippen molar-refractivity contribution in [2.45, 2.75) is 20.3 Å². The van der Waals surface area contributed by atoms with Gasteiger partial charge >= 0.3 is 0 Å². The van der Waals surface area contributed by atoms with Crippen molar-refractivity contribution in [2.24, 2.45) is 0 Å². The molecule has 0 bridgehead atoms. The van der Waals surface area contributed by atoms with E-state index in [1.807, 2.05) is 42.5 Å². The standard InChI is InChI=1S/C23H20N2OS/c1-15-12-20-21(13-16(15)2)27-23(24-20)25-22(26)19-10-8-18(9-11-19)14-17-6-4-3-5-7-17/h3-13H,14H2,1-2H3,(H,24,25,26). The number of aryl methyl sites for hydroxylation is 2. The van der Waals surface area contributed by atoms with Crippen LogP contribution in [0.5, 0.6) is 0 Å². The van der Waals surface area contributed by atoms with Gasteiger partial charge in [-0.2, -0.15) is 0 Å². The number of benzene rings is 3. The van der Waals surface area contributed by atoms with Gasteiger partial charge < -0.3 is 0 Å². The minimum atomic E-state index is -0.131. The number of thiazole rings is 1. The number of aromatic nitrogens is 1. The lowest BCUT2D eigenvalue weighted by Crippen LogP contribution is -2.11. The zero-order valence-corrected chi connectivity index (χ0v) is 16.1. The van der Waals surface area contributed by atoms with Gasteiger partial charge in [-0.1, -0.05) is 53.8 Å². The number of hydrogen-bond donors (Lipinski definition) is 1. The van der Waals surface area contributed by atoms with Crippen LogP contribution in [0.4, 0.5) is 5.13 Å². The van der Waals surface area contributed by atoms with Gasteiger partial charge in [0.25, 0.3) is 5.91 Å². The van der Waals surface area contributed by atoms with E-state index in [0.29, 0.717) is 10.7 Å². The Balaban J connectivity index is 1.48. The quantitative estimate of drug-likeness (QED) is 0.495. The molecule has 0 aliphatic rings. The average Bonchev–Trinajstić information content (AvgIpc) is 3.04. The number of fused-ring (bicyclic) bond motifs is 1. The van der Waals surface area contributed by atoms with Gasteiger partial charge in [0.15, 0.2) is 5.13 Å². The van der Waals surface area contributed by atoms with Gasteiger partial charge in [0.1, 0.15) is 0 Å². The zero-order chi connectivity index (χ0) is 18.8. The van der Waals surface area contributed by atoms with Gasteiger partial charge in [-0.3, -0.25) is 10.1 Å². The van der Waals surface area contributed by atoms with Crippen LogP contribution in [0.2, 0.25) is 0 Å². The first-order chi connectivity index (χ1) is 13.1. The Bertz CT molecular complexity index is 1060. The number of amides is 1. The third-order valence-electron chi connectivity index (χ3n) is 4.69. The normalized spacial score (nSPS) is 10.9. The van der Waals surface area contributed by atoms with Crippen LogP contribution in [0.25, 0.3) is 10.2 Å². The number of carbonyl (C=O) groups excluding carboxylic acids is 1. The molecule has 3 aromatic carbocycles. The summed E-state index contributed by atoms with van der Waals surface area (Å²) in [4.78, 5) is 17.1. The highest BCUT2D eigenvalue weighted by Crippen LogP contribution is 2.28. The lowest BCUT2D eigenvalue weighted by Gasteiger charge is -2.05. The second-order valence-corrected chi connectivity index (χ2v) is 7.77. The molecule has 1 amide bonds. The van der Waals surface area contributed by atoms with E-state index >= 15 is 0 Å². The van der Waals surface area contributed by atoms with Crippen molar-refractivity contribution >= 4 is 32.6 Å². The summed E-state index contributed by atoms with van der Waals surface area (Å²) in [5, 5.41) is 3.56. The predicted octanol–water partition coefficient (Wildman–Crippen LogP) is 5.76. The summed E-state index contributed by atoms with van der Waals surface area (Å²) in [5.41, 5.74) is 6.45. The summed E-state index contributed by atoms with van der Waals surface area (Å²) in [6.07, 6.45) is 0.860. The number of anilines is 1. The van der Waals surface area contributed by atoms with Crippen LogP contribution in [0.15, 0.2) is 66.7 Å². The Labute approximate surface area is 162 Å². The van der Waals surface area contributed by atoms with Gasteiger partial charge in [-0.25, -0.2) is 4.98 Å². The Morgan fingerprint density at radius 1 is 0.926 bits per heavy atom. The number of carbonyl (C=O) groups is 1. The number of hydrogen-bond acceptors (Lipinski definition) is 3. The fraction of sp³-hybridized carbons (Fsp3) is 0.130. The van der Waals surface area contributed by atoms with Crippen LogP contribution >= 0.6 is 11.3 Å². The summed E-state index contributed by atoms with van der Waals surface area (Å²) in [6, 6.07) is 22.3. The molecule has 0 aliphatic heterocycles. The molecule has 1 aromatic heterocycles. The van der Waals surface area contributed by atoms with Crippen LogP contribution in [0.3, 0.4) is 0 Å². The highest BCUT2D eigenvalue weighted by atomic mass is 32.1. The molecular formula is C23H20N2OS. The fourth-order valence-corrected chi connectivity index (χ4v) is 3.95. The molecule has 0 spiro atoms. The molecule has 3 nitrogen and oxygen atoms in total. The summed E-state index contributed by atoms with van der Waals surface area (Å²) < 4.78 is 1.09. The lowest BCUT2D eigenvalue weighted by molar-refractivity contribution is 0.102. The van der Waals surface area contributed by atoms with Crippen molar-refractivity contribution in [3.63, 3.8) is 0 Å². The number of nitrogens with one attached hydrogen (secondary N) is 1. The summed E-state index contributed by atoms with van der Waals surface area (Å²) in [5.74, 6) is -0.131. The van der Waals surface area contributed by atoms with Crippen LogP contribution in [-0.4, -0.2) is 10.9 Å². The highest BCUT2D eigenvalue weighted by molar-refractivity contribution is 7.22. The molecule has 0 radical (unpaired) electrons. The Morgan fingerprint density at radius 3 is 2.33 bits per heavy atom. The van der Waals surface area contributed by atoms with Crippen LogP contribution in [0.1, 0.15) is 32.6 Å². The van der Waals surface area contributed by atoms with Crippen molar-refractivity contribution in [1.82, 2.24) is 4.98 Å². The van der Waals surface area contributed by atoms with E-state index in [1.54, 1.807) is 0 Å². The molecule has 134 valence electrons. The van der Waals surface area contributed by atoms with E-state index in [9.17, 15) is 4.79 Å². The molecule has 27 heavy (non-hydrogen) atoms. The summed E-state index contributed by atoms with van der Waals surface area (Å²) >= 11 is 1.51. The van der Waals surface area contributed by atoms with Gasteiger partial charge in [0, 0.05) is 5.56 Å². The first-order valence-corrected chi connectivity index (χ1v) is 9.72. The van der Waals surface area contributed by atoms with E-state index < -0.39 is 0 Å². The zero-order valence-electron chi connectivity index (χ0n) is 15.3. The van der Waals surface area contributed by atoms with Crippen molar-refractivity contribution in [2.75, 3.05) is 5.32 Å². The Hall–Kier alpha value is -2.98. The molecule has 1 heterocycles. The first-order valence-electron chi connectivity index (χ1n) is 8.90. The van der Waals surface area contributed by atoms with E-state index in [2.05, 4.69) is 48.4 Å². The lowest BCUT2D eigenvalue weighted by atomic mass is 10.0. The van der Waals surface area contributed by atoms with Gasteiger partial charge in [0.2, 0.25) is 0 Å². The number of nitrogens with zero attached hydrogens (tertiary/aromatic N) is 1. The van der Waals surface area contributed by atoms with Gasteiger partial charge in [0.05, 0.1) is 10.2 Å². The number of rotatable bonds is 4. The fourth-order valence-electron chi connectivity index (χ4n) is 3.01. The minimum Gasteiger partial charge on any atom is -0.298 e. The second kappa shape index (κ2) is 7.33. The molecule has 0 saturated heterocycles. The molecule has 0 fully saturated rings. The molecule has 0 atom stereocenters. The van der Waals surface area contributed by atoms with Crippen LogP contribution < -0.4 is 5.32 Å². The van der Waals surface area contributed by atoms with Crippen molar-refractivity contribution in [3.8, 4) is 0 Å². The molecular weight excluding hydrogens is 352 g/mol. The molecule has 0 saturated carbocycles. The smallest absolute Gasteiger partial charge is 0.257 e. The summed E-state index contributed by atoms with van der Waals surface area (Å²) in [7, 11) is 0. The predicted molar refractivity (Wildman–Crippen MR) is 113 cm³/mol. The first kappa shape index (κ1) is 17.4. The average molecular weight is 372 g/mol.